The van der Waals surface area contributed by atoms with Crippen molar-refractivity contribution in [3.05, 3.63) is 0 Å². The topological polar surface area (TPSA) is 357 Å². The first-order chi connectivity index (χ1) is 22.6. The van der Waals surface area contributed by atoms with Crippen LogP contribution in [-0.4, -0.2) is 221 Å². The lowest BCUT2D eigenvalue weighted by Crippen LogP contribution is -2.68. The fourth-order valence-corrected chi connectivity index (χ4v) is 5.84. The molecule has 4 aliphatic heterocycles. The second-order valence-corrected chi connectivity index (χ2v) is 11.9. The highest BCUT2D eigenvalue weighted by atomic mass is 16.8. The van der Waals surface area contributed by atoms with Crippen LogP contribution in [0.3, 0.4) is 0 Å². The molecule has 0 aliphatic carbocycles. The smallest absolute Gasteiger partial charge is 0.217 e. The van der Waals surface area contributed by atoms with Gasteiger partial charge in [-0.05, 0) is 0 Å². The van der Waals surface area contributed by atoms with Crippen molar-refractivity contribution in [2.45, 2.75) is 130 Å². The zero-order valence-electron chi connectivity index (χ0n) is 25.5. The summed E-state index contributed by atoms with van der Waals surface area (Å²) in [4.78, 5) is 11.7. The predicted octanol–water partition coefficient (Wildman–Crippen LogP) is -9.61. The molecule has 20 atom stereocenters. The van der Waals surface area contributed by atoms with Crippen molar-refractivity contribution in [3.63, 3.8) is 0 Å². The number of hydrogen-bond donors (Lipinski definition) is 14. The number of ether oxygens (including phenoxy) is 7. The van der Waals surface area contributed by atoms with Gasteiger partial charge in [-0.2, -0.15) is 0 Å². The van der Waals surface area contributed by atoms with Gasteiger partial charge in [0, 0.05) is 6.92 Å². The van der Waals surface area contributed by atoms with Crippen LogP contribution in [0.1, 0.15) is 6.92 Å². The van der Waals surface area contributed by atoms with Crippen LogP contribution in [0.5, 0.6) is 0 Å². The normalized spacial score (nSPS) is 50.2. The van der Waals surface area contributed by atoms with Gasteiger partial charge in [0.25, 0.3) is 0 Å². The summed E-state index contributed by atoms with van der Waals surface area (Å²) in [6.07, 6.45) is -33.7. The molecule has 0 radical (unpaired) electrons. The molecule has 0 bridgehead atoms. The number of amides is 1. The molecule has 0 unspecified atom stereocenters. The quantitative estimate of drug-likeness (QED) is 0.0947. The Bertz CT molecular complexity index is 1030. The number of carbonyl (C=O) groups is 1. The molecule has 1 amide bonds. The summed E-state index contributed by atoms with van der Waals surface area (Å²) in [6.45, 7) is -2.15. The van der Waals surface area contributed by atoms with Crippen LogP contribution in [-0.2, 0) is 38.0 Å². The van der Waals surface area contributed by atoms with E-state index in [2.05, 4.69) is 5.32 Å². The van der Waals surface area contributed by atoms with Crippen LogP contribution >= 0.6 is 0 Å². The third kappa shape index (κ3) is 8.24. The van der Waals surface area contributed by atoms with E-state index in [1.807, 2.05) is 0 Å². The summed E-state index contributed by atoms with van der Waals surface area (Å²) in [7, 11) is 0. The van der Waals surface area contributed by atoms with E-state index in [0.717, 1.165) is 6.92 Å². The minimum Gasteiger partial charge on any atom is -0.394 e. The summed E-state index contributed by atoms with van der Waals surface area (Å²) in [5.74, 6) is -0.682. The molecule has 14 N–H and O–H groups in total. The van der Waals surface area contributed by atoms with Gasteiger partial charge in [-0.1, -0.05) is 0 Å². The first-order valence-corrected chi connectivity index (χ1v) is 15.1. The van der Waals surface area contributed by atoms with Crippen LogP contribution in [0.4, 0.5) is 0 Å². The van der Waals surface area contributed by atoms with Crippen molar-refractivity contribution in [2.24, 2.45) is 0 Å². The molecular formula is C26H45NO21. The van der Waals surface area contributed by atoms with Crippen LogP contribution in [0.2, 0.25) is 0 Å². The van der Waals surface area contributed by atoms with Gasteiger partial charge in [-0.3, -0.25) is 4.79 Å². The fraction of sp³-hybridized carbons (Fsp3) is 0.962. The lowest BCUT2D eigenvalue weighted by atomic mass is 9.95. The average molecular weight is 708 g/mol. The van der Waals surface area contributed by atoms with Crippen molar-refractivity contribution in [3.8, 4) is 0 Å². The Kier molecular flexibility index (Phi) is 13.8. The number of hydrogen-bond acceptors (Lipinski definition) is 21. The van der Waals surface area contributed by atoms with Gasteiger partial charge in [0.15, 0.2) is 25.2 Å². The second-order valence-electron chi connectivity index (χ2n) is 11.9. The van der Waals surface area contributed by atoms with E-state index < -0.39 is 155 Å². The van der Waals surface area contributed by atoms with E-state index in [9.17, 15) is 71.2 Å². The van der Waals surface area contributed by atoms with Crippen molar-refractivity contribution in [1.82, 2.24) is 5.32 Å². The van der Waals surface area contributed by atoms with Gasteiger partial charge in [-0.15, -0.1) is 0 Å². The standard InChI is InChI=1S/C26H45NO21/c1-6(31)27-11-15(35)21(9(4-30)43-23(11)41)47-26-20(40)22(48-25-19(39)17(37)13(33)8(3-29)45-25)14(34)10(46-26)5-42-24-18(38)16(36)12(32)7(2-28)44-24/h7-26,28-30,32-41H,2-5H2,1H3,(H,27,31)/t7-,8-,9-,10-,11-,12-,13-,14+,15-,16+,17+,18+,19+,20+,21-,22+,23-,24+,25-,26+/m1/s1. The molecule has 22 nitrogen and oxygen atoms in total. The molecule has 0 saturated carbocycles. The highest BCUT2D eigenvalue weighted by molar-refractivity contribution is 5.73. The Morgan fingerprint density at radius 2 is 1.02 bits per heavy atom. The fourth-order valence-electron chi connectivity index (χ4n) is 5.84. The molecular weight excluding hydrogens is 662 g/mol. The van der Waals surface area contributed by atoms with Gasteiger partial charge < -0.3 is 105 Å². The Morgan fingerprint density at radius 3 is 1.56 bits per heavy atom. The number of aliphatic hydroxyl groups is 13. The van der Waals surface area contributed by atoms with E-state index in [1.54, 1.807) is 0 Å². The summed E-state index contributed by atoms with van der Waals surface area (Å²) >= 11 is 0. The minimum atomic E-state index is -2.06. The van der Waals surface area contributed by atoms with Gasteiger partial charge in [0.05, 0.1) is 26.4 Å². The number of nitrogens with one attached hydrogen (secondary N) is 1. The number of aliphatic hydroxyl groups excluding tert-OH is 13. The van der Waals surface area contributed by atoms with Crippen molar-refractivity contribution >= 4 is 5.91 Å². The lowest BCUT2D eigenvalue weighted by Gasteiger charge is -2.48. The largest absolute Gasteiger partial charge is 0.394 e. The van der Waals surface area contributed by atoms with Crippen LogP contribution in [0.25, 0.3) is 0 Å². The maximum absolute atomic E-state index is 11.7. The molecule has 4 heterocycles. The number of rotatable bonds is 11. The monoisotopic (exact) mass is 707 g/mol. The third-order valence-corrected chi connectivity index (χ3v) is 8.59. The Morgan fingerprint density at radius 1 is 0.542 bits per heavy atom. The van der Waals surface area contributed by atoms with Crippen molar-refractivity contribution < 1.29 is 104 Å². The van der Waals surface area contributed by atoms with Crippen LogP contribution < -0.4 is 5.32 Å². The Hall–Kier alpha value is -1.33. The molecule has 4 rings (SSSR count). The third-order valence-electron chi connectivity index (χ3n) is 8.59. The SMILES string of the molecule is CC(=O)N[C@@H]1[C@@H](O)[C@H](O[C@@H]2O[C@H](CO[C@H]3O[C@H](CO)[C@@H](O)[C@H](O)[C@@H]3O)[C@H](O)[C@H](O[C@H]3O[C@H](CO)[C@@H](O)[C@H](O)[C@@H]3O)[C@@H]2O)[C@@H](CO)O[C@H]1O. The second kappa shape index (κ2) is 16.8. The first kappa shape index (κ1) is 39.5. The Labute approximate surface area is 272 Å². The summed E-state index contributed by atoms with van der Waals surface area (Å²) in [5.41, 5.74) is 0. The minimum absolute atomic E-state index is 0.682. The molecule has 22 heteroatoms. The van der Waals surface area contributed by atoms with E-state index in [4.69, 9.17) is 33.2 Å². The van der Waals surface area contributed by atoms with Crippen LogP contribution in [0, 0.1) is 0 Å². The van der Waals surface area contributed by atoms with Gasteiger partial charge in [0.1, 0.15) is 97.6 Å². The highest BCUT2D eigenvalue weighted by Gasteiger charge is 2.54. The Balaban J connectivity index is 1.59. The zero-order chi connectivity index (χ0) is 35.6. The van der Waals surface area contributed by atoms with E-state index in [-0.39, 0.29) is 0 Å². The molecule has 280 valence electrons. The van der Waals surface area contributed by atoms with Crippen molar-refractivity contribution in [2.75, 3.05) is 26.4 Å². The molecule has 4 aliphatic rings. The summed E-state index contributed by atoms with van der Waals surface area (Å²) < 4.78 is 38.4. The maximum Gasteiger partial charge on any atom is 0.217 e. The lowest BCUT2D eigenvalue weighted by molar-refractivity contribution is -0.379. The molecule has 0 aromatic rings. The van der Waals surface area contributed by atoms with Crippen molar-refractivity contribution in [1.29, 1.82) is 0 Å². The molecule has 0 spiro atoms. The van der Waals surface area contributed by atoms with Gasteiger partial charge in [0.2, 0.25) is 5.91 Å². The van der Waals surface area contributed by atoms with Crippen LogP contribution in [0.15, 0.2) is 0 Å². The molecule has 0 aromatic heterocycles. The van der Waals surface area contributed by atoms with E-state index in [1.165, 1.54) is 0 Å². The summed E-state index contributed by atoms with van der Waals surface area (Å²) in [6, 6.07) is -1.49. The molecule has 4 fully saturated rings. The highest BCUT2D eigenvalue weighted by Crippen LogP contribution is 2.33. The molecule has 4 saturated heterocycles. The first-order valence-electron chi connectivity index (χ1n) is 15.1. The van der Waals surface area contributed by atoms with Gasteiger partial charge in [-0.25, -0.2) is 0 Å². The van der Waals surface area contributed by atoms with E-state index >= 15 is 0 Å². The zero-order valence-corrected chi connectivity index (χ0v) is 25.5. The molecule has 48 heavy (non-hydrogen) atoms. The number of carbonyl (C=O) groups excluding carboxylic acids is 1. The average Bonchev–Trinajstić information content (AvgIpc) is 3.05. The maximum atomic E-state index is 11.7. The van der Waals surface area contributed by atoms with Gasteiger partial charge >= 0.3 is 0 Å². The summed E-state index contributed by atoms with van der Waals surface area (Å²) in [5, 5.41) is 136. The molecule has 0 aromatic carbocycles. The predicted molar refractivity (Wildman–Crippen MR) is 145 cm³/mol. The van der Waals surface area contributed by atoms with E-state index in [0.29, 0.717) is 0 Å².